The van der Waals surface area contributed by atoms with Crippen LogP contribution in [0.3, 0.4) is 0 Å². The van der Waals surface area contributed by atoms with Gasteiger partial charge in [0.15, 0.2) is 0 Å². The summed E-state index contributed by atoms with van der Waals surface area (Å²) in [5, 5.41) is 0. The smallest absolute Gasteiger partial charge is 0.410 e. The number of hydrogen-bond acceptors (Lipinski definition) is 4. The number of nitrogens with zero attached hydrogens (tertiary/aromatic N) is 2. The molecule has 0 aromatic heterocycles. The van der Waals surface area contributed by atoms with E-state index in [1.54, 1.807) is 4.90 Å². The Morgan fingerprint density at radius 1 is 1.20 bits per heavy atom. The number of likely N-dealkylation sites (tertiary alicyclic amines) is 2. The van der Waals surface area contributed by atoms with E-state index in [1.165, 1.54) is 6.42 Å². The molecular formula is C14H25N3O3. The first-order chi connectivity index (χ1) is 9.28. The number of ether oxygens (including phenoxy) is 1. The predicted molar refractivity (Wildman–Crippen MR) is 75.1 cm³/mol. The lowest BCUT2D eigenvalue weighted by molar-refractivity contribution is -0.127. The highest BCUT2D eigenvalue weighted by atomic mass is 16.6. The fourth-order valence-corrected chi connectivity index (χ4v) is 2.82. The lowest BCUT2D eigenvalue weighted by Gasteiger charge is -2.46. The van der Waals surface area contributed by atoms with Gasteiger partial charge in [-0.2, -0.15) is 0 Å². The van der Waals surface area contributed by atoms with Crippen molar-refractivity contribution < 1.29 is 14.3 Å². The van der Waals surface area contributed by atoms with Crippen molar-refractivity contribution in [3.63, 3.8) is 0 Å². The van der Waals surface area contributed by atoms with Crippen molar-refractivity contribution in [3.8, 4) is 0 Å². The third-order valence-electron chi connectivity index (χ3n) is 3.95. The van der Waals surface area contributed by atoms with Crippen LogP contribution >= 0.6 is 0 Å². The van der Waals surface area contributed by atoms with Crippen molar-refractivity contribution in [3.05, 3.63) is 0 Å². The molecule has 2 aliphatic rings. The molecule has 0 aromatic carbocycles. The van der Waals surface area contributed by atoms with Gasteiger partial charge in [0.2, 0.25) is 5.91 Å². The third-order valence-corrected chi connectivity index (χ3v) is 3.95. The summed E-state index contributed by atoms with van der Waals surface area (Å²) in [5.74, 6) is -0.619. The summed E-state index contributed by atoms with van der Waals surface area (Å²) in [6.45, 7) is 8.56. The lowest BCUT2D eigenvalue weighted by Crippen LogP contribution is -2.59. The summed E-state index contributed by atoms with van der Waals surface area (Å²) in [5.41, 5.74) is 5.00. The van der Waals surface area contributed by atoms with Crippen LogP contribution in [-0.2, 0) is 9.53 Å². The van der Waals surface area contributed by atoms with E-state index in [0.29, 0.717) is 13.1 Å². The maximum absolute atomic E-state index is 12.1. The van der Waals surface area contributed by atoms with Gasteiger partial charge in [0, 0.05) is 19.1 Å². The molecule has 2 rings (SSSR count). The van der Waals surface area contributed by atoms with E-state index in [2.05, 4.69) is 4.90 Å². The van der Waals surface area contributed by atoms with Gasteiger partial charge in [-0.3, -0.25) is 9.69 Å². The van der Waals surface area contributed by atoms with Crippen LogP contribution in [-0.4, -0.2) is 59.6 Å². The molecule has 20 heavy (non-hydrogen) atoms. The van der Waals surface area contributed by atoms with Crippen LogP contribution in [0.2, 0.25) is 0 Å². The van der Waals surface area contributed by atoms with Gasteiger partial charge in [-0.05, 0) is 46.7 Å². The van der Waals surface area contributed by atoms with E-state index < -0.39 is 5.60 Å². The summed E-state index contributed by atoms with van der Waals surface area (Å²) in [7, 11) is 0. The maximum atomic E-state index is 12.1. The topological polar surface area (TPSA) is 75.9 Å². The fourth-order valence-electron chi connectivity index (χ4n) is 2.82. The number of primary amides is 1. The number of carbonyl (C=O) groups is 2. The Bertz CT molecular complexity index is 388. The first-order valence-electron chi connectivity index (χ1n) is 7.29. The standard InChI is InChI=1S/C14H25N3O3/c1-14(2,3)20-13(19)17-8-5-11(16-6-4-7-16)10(9-17)12(15)18/h10-11H,4-9H2,1-3H3,(H2,15,18)/t10?,11-/m0/s1. The van der Waals surface area contributed by atoms with E-state index >= 15 is 0 Å². The average Bonchev–Trinajstić information content (AvgIpc) is 2.24. The highest BCUT2D eigenvalue weighted by Crippen LogP contribution is 2.27. The summed E-state index contributed by atoms with van der Waals surface area (Å²) in [6, 6.07) is 0.180. The minimum Gasteiger partial charge on any atom is -0.444 e. The second kappa shape index (κ2) is 5.60. The second-order valence-electron chi connectivity index (χ2n) is 6.68. The Balaban J connectivity index is 1.99. The van der Waals surface area contributed by atoms with Gasteiger partial charge in [-0.15, -0.1) is 0 Å². The Morgan fingerprint density at radius 3 is 2.30 bits per heavy atom. The molecule has 0 saturated carbocycles. The molecule has 0 aliphatic carbocycles. The van der Waals surface area contributed by atoms with Crippen LogP contribution in [0.25, 0.3) is 0 Å². The van der Waals surface area contributed by atoms with Crippen molar-refractivity contribution in [1.82, 2.24) is 9.80 Å². The number of hydrogen-bond donors (Lipinski definition) is 1. The number of amides is 2. The molecule has 0 spiro atoms. The zero-order chi connectivity index (χ0) is 14.9. The summed E-state index contributed by atoms with van der Waals surface area (Å²) >= 11 is 0. The minimum absolute atomic E-state index is 0.180. The SMILES string of the molecule is CC(C)(C)OC(=O)N1CC[C@H](N2CCC2)C(C(N)=O)C1. The largest absolute Gasteiger partial charge is 0.444 e. The minimum atomic E-state index is -0.520. The molecule has 2 fully saturated rings. The van der Waals surface area contributed by atoms with Crippen LogP contribution in [0.5, 0.6) is 0 Å². The van der Waals surface area contributed by atoms with E-state index in [-0.39, 0.29) is 24.0 Å². The molecule has 2 aliphatic heterocycles. The summed E-state index contributed by atoms with van der Waals surface area (Å²) in [6.07, 6.45) is 1.61. The first kappa shape index (κ1) is 15.1. The van der Waals surface area contributed by atoms with Gasteiger partial charge in [-0.1, -0.05) is 0 Å². The Labute approximate surface area is 120 Å². The molecule has 1 unspecified atom stereocenters. The zero-order valence-electron chi connectivity index (χ0n) is 12.6. The molecule has 0 bridgehead atoms. The van der Waals surface area contributed by atoms with E-state index in [9.17, 15) is 9.59 Å². The van der Waals surface area contributed by atoms with Crippen LogP contribution < -0.4 is 5.73 Å². The van der Waals surface area contributed by atoms with Gasteiger partial charge >= 0.3 is 6.09 Å². The Morgan fingerprint density at radius 2 is 1.85 bits per heavy atom. The zero-order valence-corrected chi connectivity index (χ0v) is 12.6. The highest BCUT2D eigenvalue weighted by Gasteiger charge is 2.40. The maximum Gasteiger partial charge on any atom is 0.410 e. The van der Waals surface area contributed by atoms with Gasteiger partial charge in [-0.25, -0.2) is 4.79 Å². The molecule has 0 aromatic rings. The number of carbonyl (C=O) groups excluding carboxylic acids is 2. The van der Waals surface area contributed by atoms with Crippen molar-refractivity contribution in [2.75, 3.05) is 26.2 Å². The normalized spacial score (nSPS) is 27.9. The molecule has 2 N–H and O–H groups in total. The number of nitrogens with two attached hydrogens (primary N) is 1. The predicted octanol–water partition coefficient (Wildman–Crippen LogP) is 0.803. The van der Waals surface area contributed by atoms with E-state index in [4.69, 9.17) is 10.5 Å². The van der Waals surface area contributed by atoms with Gasteiger partial charge < -0.3 is 15.4 Å². The van der Waals surface area contributed by atoms with Crippen LogP contribution in [0.1, 0.15) is 33.6 Å². The number of rotatable bonds is 2. The van der Waals surface area contributed by atoms with Crippen LogP contribution in [0.4, 0.5) is 4.79 Å². The molecule has 114 valence electrons. The van der Waals surface area contributed by atoms with E-state index in [1.807, 2.05) is 20.8 Å². The van der Waals surface area contributed by atoms with Gasteiger partial charge in [0.25, 0.3) is 0 Å². The molecule has 2 amide bonds. The average molecular weight is 283 g/mol. The van der Waals surface area contributed by atoms with Crippen molar-refractivity contribution in [1.29, 1.82) is 0 Å². The number of piperidine rings is 1. The Kier molecular flexibility index (Phi) is 4.22. The Hall–Kier alpha value is -1.30. The van der Waals surface area contributed by atoms with E-state index in [0.717, 1.165) is 19.5 Å². The molecule has 2 saturated heterocycles. The quantitative estimate of drug-likeness (QED) is 0.813. The molecule has 6 nitrogen and oxygen atoms in total. The van der Waals surface area contributed by atoms with Crippen molar-refractivity contribution in [2.24, 2.45) is 11.7 Å². The monoisotopic (exact) mass is 283 g/mol. The summed E-state index contributed by atoms with van der Waals surface area (Å²) in [4.78, 5) is 27.7. The lowest BCUT2D eigenvalue weighted by atomic mass is 9.88. The second-order valence-corrected chi connectivity index (χ2v) is 6.68. The molecular weight excluding hydrogens is 258 g/mol. The first-order valence-corrected chi connectivity index (χ1v) is 7.29. The third kappa shape index (κ3) is 3.42. The van der Waals surface area contributed by atoms with Gasteiger partial charge in [0.1, 0.15) is 5.60 Å². The highest BCUT2D eigenvalue weighted by molar-refractivity contribution is 5.79. The summed E-state index contributed by atoms with van der Waals surface area (Å²) < 4.78 is 5.36. The molecule has 2 heterocycles. The van der Waals surface area contributed by atoms with Crippen molar-refractivity contribution >= 4 is 12.0 Å². The van der Waals surface area contributed by atoms with Crippen LogP contribution in [0.15, 0.2) is 0 Å². The molecule has 0 radical (unpaired) electrons. The van der Waals surface area contributed by atoms with Crippen LogP contribution in [0, 0.1) is 5.92 Å². The van der Waals surface area contributed by atoms with Gasteiger partial charge in [0.05, 0.1) is 5.92 Å². The van der Waals surface area contributed by atoms with Crippen molar-refractivity contribution in [2.45, 2.75) is 45.3 Å². The molecule has 2 atom stereocenters. The molecule has 6 heteroatoms. The fraction of sp³-hybridized carbons (Fsp3) is 0.857.